The zero-order valence-electron chi connectivity index (χ0n) is 11.5. The first-order chi connectivity index (χ1) is 10.2. The van der Waals surface area contributed by atoms with Crippen LogP contribution in [0.4, 0.5) is 0 Å². The highest BCUT2D eigenvalue weighted by Crippen LogP contribution is 2.30. The van der Waals surface area contributed by atoms with Crippen molar-refractivity contribution in [1.29, 1.82) is 0 Å². The summed E-state index contributed by atoms with van der Waals surface area (Å²) in [4.78, 5) is 0. The van der Waals surface area contributed by atoms with Crippen LogP contribution in [0.2, 0.25) is 5.02 Å². The van der Waals surface area contributed by atoms with Crippen molar-refractivity contribution in [2.45, 2.75) is 12.5 Å². The molecule has 0 amide bonds. The first kappa shape index (κ1) is 13.8. The lowest BCUT2D eigenvalue weighted by atomic mass is 9.98. The molecular weight excluding hydrogens is 288 g/mol. The number of phenols is 1. The Bertz CT molecular complexity index is 683. The molecule has 0 saturated heterocycles. The summed E-state index contributed by atoms with van der Waals surface area (Å²) >= 11 is 5.90. The van der Waals surface area contributed by atoms with E-state index in [0.717, 1.165) is 11.3 Å². The van der Waals surface area contributed by atoms with E-state index in [0.29, 0.717) is 22.8 Å². The van der Waals surface area contributed by atoms with Gasteiger partial charge >= 0.3 is 0 Å². The fourth-order valence-electron chi connectivity index (χ4n) is 2.37. The lowest BCUT2D eigenvalue weighted by Crippen LogP contribution is -2.09. The van der Waals surface area contributed by atoms with Gasteiger partial charge in [-0.3, -0.25) is 0 Å². The van der Waals surface area contributed by atoms with Crippen molar-refractivity contribution in [1.82, 2.24) is 5.43 Å². The summed E-state index contributed by atoms with van der Waals surface area (Å²) in [6, 6.07) is 12.9. The largest absolute Gasteiger partial charge is 0.507 e. The second-order valence-corrected chi connectivity index (χ2v) is 5.32. The summed E-state index contributed by atoms with van der Waals surface area (Å²) in [7, 11) is 1.60. The zero-order chi connectivity index (χ0) is 14.8. The van der Waals surface area contributed by atoms with Crippen molar-refractivity contribution in [2.24, 2.45) is 5.10 Å². The second-order valence-electron chi connectivity index (χ2n) is 4.88. The smallest absolute Gasteiger partial charge is 0.124 e. The van der Waals surface area contributed by atoms with E-state index in [-0.39, 0.29) is 11.8 Å². The van der Waals surface area contributed by atoms with E-state index in [1.54, 1.807) is 25.3 Å². The minimum Gasteiger partial charge on any atom is -0.507 e. The molecule has 0 fully saturated rings. The highest BCUT2D eigenvalue weighted by atomic mass is 35.5. The van der Waals surface area contributed by atoms with Crippen LogP contribution < -0.4 is 10.2 Å². The maximum absolute atomic E-state index is 10.0. The molecule has 0 spiro atoms. The molecule has 0 radical (unpaired) electrons. The van der Waals surface area contributed by atoms with Gasteiger partial charge in [-0.25, -0.2) is 0 Å². The third-order valence-corrected chi connectivity index (χ3v) is 3.79. The number of nitrogens with one attached hydrogen (secondary N) is 1. The molecule has 108 valence electrons. The van der Waals surface area contributed by atoms with Gasteiger partial charge in [0.1, 0.15) is 11.5 Å². The van der Waals surface area contributed by atoms with Gasteiger partial charge < -0.3 is 15.3 Å². The van der Waals surface area contributed by atoms with Gasteiger partial charge in [0.15, 0.2) is 0 Å². The summed E-state index contributed by atoms with van der Waals surface area (Å²) in [6.45, 7) is 0. The molecule has 1 aliphatic heterocycles. The minimum atomic E-state index is 0.0860. The van der Waals surface area contributed by atoms with Gasteiger partial charge in [0.25, 0.3) is 0 Å². The van der Waals surface area contributed by atoms with Gasteiger partial charge in [0.2, 0.25) is 0 Å². The van der Waals surface area contributed by atoms with Gasteiger partial charge in [-0.2, -0.15) is 5.10 Å². The van der Waals surface area contributed by atoms with Crippen LogP contribution in [0, 0.1) is 0 Å². The number of benzene rings is 2. The summed E-state index contributed by atoms with van der Waals surface area (Å²) in [5.41, 5.74) is 5.71. The number of hydrazone groups is 1. The maximum atomic E-state index is 10.0. The Morgan fingerprint density at radius 2 is 2.00 bits per heavy atom. The Kier molecular flexibility index (Phi) is 3.71. The molecule has 2 aromatic carbocycles. The standard InChI is InChI=1S/C16H15ClN2O2/c1-21-12-6-7-16(20)13(8-12)15-9-14(18-19-15)10-2-4-11(17)5-3-10/h2-8,14,18,20H,9H2,1H3/t14-/m1/s1. The van der Waals surface area contributed by atoms with Crippen LogP contribution in [0.25, 0.3) is 0 Å². The minimum absolute atomic E-state index is 0.0860. The predicted molar refractivity (Wildman–Crippen MR) is 83.1 cm³/mol. The fourth-order valence-corrected chi connectivity index (χ4v) is 2.50. The number of nitrogens with zero attached hydrogens (tertiary/aromatic N) is 1. The van der Waals surface area contributed by atoms with E-state index in [1.807, 2.05) is 24.3 Å². The lowest BCUT2D eigenvalue weighted by Gasteiger charge is -2.10. The predicted octanol–water partition coefficient (Wildman–Crippen LogP) is 3.49. The SMILES string of the molecule is COc1ccc(O)c(C2=NN[C@@H](c3ccc(Cl)cc3)C2)c1. The topological polar surface area (TPSA) is 53.9 Å². The van der Waals surface area contributed by atoms with Crippen LogP contribution in [-0.4, -0.2) is 17.9 Å². The van der Waals surface area contributed by atoms with Gasteiger partial charge in [-0.05, 0) is 35.9 Å². The average Bonchev–Trinajstić information content (AvgIpc) is 2.98. The molecule has 5 heteroatoms. The van der Waals surface area contributed by atoms with Crippen LogP contribution in [0.3, 0.4) is 0 Å². The number of phenolic OH excluding ortho intramolecular Hbond substituents is 1. The van der Waals surface area contributed by atoms with Gasteiger partial charge in [0.05, 0.1) is 18.9 Å². The van der Waals surface area contributed by atoms with E-state index < -0.39 is 0 Å². The Labute approximate surface area is 128 Å². The molecule has 0 saturated carbocycles. The normalized spacial score (nSPS) is 17.2. The molecule has 2 aromatic rings. The Hall–Kier alpha value is -2.20. The van der Waals surface area contributed by atoms with Gasteiger partial charge in [0, 0.05) is 17.0 Å². The third-order valence-electron chi connectivity index (χ3n) is 3.54. The number of aromatic hydroxyl groups is 1. The third kappa shape index (κ3) is 2.81. The highest BCUT2D eigenvalue weighted by Gasteiger charge is 2.23. The van der Waals surface area contributed by atoms with Crippen molar-refractivity contribution in [3.05, 3.63) is 58.6 Å². The van der Waals surface area contributed by atoms with Gasteiger partial charge in [-0.1, -0.05) is 23.7 Å². The summed E-state index contributed by atoms with van der Waals surface area (Å²) in [5.74, 6) is 0.897. The quantitative estimate of drug-likeness (QED) is 0.912. The Morgan fingerprint density at radius 3 is 2.71 bits per heavy atom. The number of ether oxygens (including phenoxy) is 1. The molecule has 0 unspecified atom stereocenters. The fraction of sp³-hybridized carbons (Fsp3) is 0.188. The van der Waals surface area contributed by atoms with Crippen LogP contribution in [-0.2, 0) is 0 Å². The monoisotopic (exact) mass is 302 g/mol. The second kappa shape index (κ2) is 5.66. The molecule has 4 nitrogen and oxygen atoms in total. The van der Waals surface area contributed by atoms with Crippen molar-refractivity contribution in [3.8, 4) is 11.5 Å². The van der Waals surface area contributed by atoms with Crippen molar-refractivity contribution in [2.75, 3.05) is 7.11 Å². The lowest BCUT2D eigenvalue weighted by molar-refractivity contribution is 0.412. The first-order valence-electron chi connectivity index (χ1n) is 6.62. The van der Waals surface area contributed by atoms with Crippen molar-refractivity contribution in [3.63, 3.8) is 0 Å². The van der Waals surface area contributed by atoms with Crippen molar-refractivity contribution < 1.29 is 9.84 Å². The van der Waals surface area contributed by atoms with Gasteiger partial charge in [-0.15, -0.1) is 0 Å². The summed E-state index contributed by atoms with van der Waals surface area (Å²) in [6.07, 6.45) is 0.697. The number of hydrogen-bond donors (Lipinski definition) is 2. The number of halogens is 1. The molecule has 3 rings (SSSR count). The van der Waals surface area contributed by atoms with E-state index in [2.05, 4.69) is 10.5 Å². The Balaban J connectivity index is 1.82. The van der Waals surface area contributed by atoms with E-state index >= 15 is 0 Å². The summed E-state index contributed by atoms with van der Waals surface area (Å²) in [5, 5.41) is 15.1. The van der Waals surface area contributed by atoms with E-state index in [9.17, 15) is 5.11 Å². The Morgan fingerprint density at radius 1 is 1.24 bits per heavy atom. The number of rotatable bonds is 3. The molecule has 1 aliphatic rings. The maximum Gasteiger partial charge on any atom is 0.124 e. The molecule has 0 aliphatic carbocycles. The molecule has 1 heterocycles. The van der Waals surface area contributed by atoms with Crippen LogP contribution in [0.5, 0.6) is 11.5 Å². The number of methoxy groups -OCH3 is 1. The highest BCUT2D eigenvalue weighted by molar-refractivity contribution is 6.30. The van der Waals surface area contributed by atoms with E-state index in [4.69, 9.17) is 16.3 Å². The molecule has 2 N–H and O–H groups in total. The van der Waals surface area contributed by atoms with Crippen LogP contribution >= 0.6 is 11.6 Å². The molecule has 0 aromatic heterocycles. The van der Waals surface area contributed by atoms with Crippen molar-refractivity contribution >= 4 is 17.3 Å². The first-order valence-corrected chi connectivity index (χ1v) is 7.00. The molecular formula is C16H15ClN2O2. The van der Waals surface area contributed by atoms with E-state index in [1.165, 1.54) is 0 Å². The molecule has 1 atom stereocenters. The summed E-state index contributed by atoms with van der Waals surface area (Å²) < 4.78 is 5.19. The number of hydrogen-bond acceptors (Lipinski definition) is 4. The zero-order valence-corrected chi connectivity index (χ0v) is 12.3. The average molecular weight is 303 g/mol. The van der Waals surface area contributed by atoms with Crippen LogP contribution in [0.1, 0.15) is 23.6 Å². The molecule has 0 bridgehead atoms. The molecule has 21 heavy (non-hydrogen) atoms. The van der Waals surface area contributed by atoms with Crippen LogP contribution in [0.15, 0.2) is 47.6 Å².